The average Bonchev–Trinajstić information content (AvgIpc) is 3.15. The maximum atomic E-state index is 13.2. The maximum Gasteiger partial charge on any atom is 0.274 e. The van der Waals surface area contributed by atoms with Crippen LogP contribution in [-0.4, -0.2) is 39.4 Å². The summed E-state index contributed by atoms with van der Waals surface area (Å²) < 4.78 is 13.2. The number of nitrogens with one attached hydrogen (secondary N) is 1. The zero-order valence-corrected chi connectivity index (χ0v) is 13.9. The average molecular weight is 351 g/mol. The number of amides is 2. The van der Waals surface area contributed by atoms with Crippen LogP contribution in [0.3, 0.4) is 0 Å². The van der Waals surface area contributed by atoms with Crippen LogP contribution in [0.25, 0.3) is 0 Å². The van der Waals surface area contributed by atoms with Crippen LogP contribution in [0.2, 0.25) is 0 Å². The first kappa shape index (κ1) is 15.9. The predicted octanol–water partition coefficient (Wildman–Crippen LogP) is 2.74. The standard InChI is InChI=1S/C15H14FN3O2S2/c1-9-17-12(6-23-9)15(21)19-8-22-7-13(19)14(20)18-11-4-2-3-10(16)5-11/h2-6,13H,7-8H2,1H3,(H,18,20). The Labute approximate surface area is 140 Å². The number of halogens is 1. The van der Waals surface area contributed by atoms with E-state index in [1.807, 2.05) is 6.92 Å². The Morgan fingerprint density at radius 2 is 2.26 bits per heavy atom. The molecule has 0 radical (unpaired) electrons. The lowest BCUT2D eigenvalue weighted by Crippen LogP contribution is -2.44. The monoisotopic (exact) mass is 351 g/mol. The molecule has 1 aliphatic heterocycles. The fourth-order valence-corrected chi connectivity index (χ4v) is 4.00. The van der Waals surface area contributed by atoms with Crippen LogP contribution >= 0.6 is 23.1 Å². The number of hydrogen-bond acceptors (Lipinski definition) is 5. The molecule has 1 atom stereocenters. The lowest BCUT2D eigenvalue weighted by Gasteiger charge is -2.22. The van der Waals surface area contributed by atoms with Crippen molar-refractivity contribution < 1.29 is 14.0 Å². The normalized spacial score (nSPS) is 17.3. The van der Waals surface area contributed by atoms with Gasteiger partial charge in [0.2, 0.25) is 5.91 Å². The topological polar surface area (TPSA) is 62.3 Å². The molecule has 1 saturated heterocycles. The third kappa shape index (κ3) is 3.53. The second kappa shape index (κ2) is 6.67. The number of carbonyl (C=O) groups is 2. The minimum absolute atomic E-state index is 0.251. The first-order valence-corrected chi connectivity index (χ1v) is 8.95. The van der Waals surface area contributed by atoms with E-state index >= 15 is 0 Å². The lowest BCUT2D eigenvalue weighted by atomic mass is 10.2. The third-order valence-electron chi connectivity index (χ3n) is 3.38. The zero-order chi connectivity index (χ0) is 16.4. The molecule has 1 N–H and O–H groups in total. The van der Waals surface area contributed by atoms with Gasteiger partial charge in [-0.1, -0.05) is 6.07 Å². The second-order valence-electron chi connectivity index (χ2n) is 5.04. The Morgan fingerprint density at radius 1 is 1.43 bits per heavy atom. The van der Waals surface area contributed by atoms with Gasteiger partial charge in [-0.25, -0.2) is 9.37 Å². The van der Waals surface area contributed by atoms with E-state index in [1.165, 1.54) is 46.2 Å². The molecule has 8 heteroatoms. The summed E-state index contributed by atoms with van der Waals surface area (Å²) in [6.07, 6.45) is 0. The van der Waals surface area contributed by atoms with Gasteiger partial charge in [-0.2, -0.15) is 0 Å². The van der Waals surface area contributed by atoms with Crippen molar-refractivity contribution in [2.45, 2.75) is 13.0 Å². The van der Waals surface area contributed by atoms with Gasteiger partial charge < -0.3 is 10.2 Å². The van der Waals surface area contributed by atoms with Gasteiger partial charge in [0.05, 0.1) is 10.9 Å². The quantitative estimate of drug-likeness (QED) is 0.924. The van der Waals surface area contributed by atoms with Crippen LogP contribution < -0.4 is 5.32 Å². The summed E-state index contributed by atoms with van der Waals surface area (Å²) in [5, 5.41) is 5.17. The SMILES string of the molecule is Cc1nc(C(=O)N2CSCC2C(=O)Nc2cccc(F)c2)cs1. The Balaban J connectivity index is 1.73. The summed E-state index contributed by atoms with van der Waals surface area (Å²) in [6.45, 7) is 1.83. The van der Waals surface area contributed by atoms with Crippen molar-refractivity contribution in [3.63, 3.8) is 0 Å². The number of carbonyl (C=O) groups excluding carboxylic acids is 2. The third-order valence-corrected chi connectivity index (χ3v) is 5.16. The summed E-state index contributed by atoms with van der Waals surface area (Å²) in [5.74, 6) is -0.0405. The number of aromatic nitrogens is 1. The smallest absolute Gasteiger partial charge is 0.274 e. The summed E-state index contributed by atoms with van der Waals surface area (Å²) >= 11 is 2.91. The first-order chi connectivity index (χ1) is 11.0. The van der Waals surface area contributed by atoms with Crippen LogP contribution in [0.4, 0.5) is 10.1 Å². The highest BCUT2D eigenvalue weighted by atomic mass is 32.2. The summed E-state index contributed by atoms with van der Waals surface area (Å²) in [4.78, 5) is 30.6. The Hall–Kier alpha value is -1.93. The van der Waals surface area contributed by atoms with E-state index in [4.69, 9.17) is 0 Å². The van der Waals surface area contributed by atoms with E-state index in [2.05, 4.69) is 10.3 Å². The van der Waals surface area contributed by atoms with E-state index in [-0.39, 0.29) is 11.8 Å². The number of anilines is 1. The molecule has 120 valence electrons. The largest absolute Gasteiger partial charge is 0.324 e. The molecule has 2 aromatic rings. The van der Waals surface area contributed by atoms with Crippen molar-refractivity contribution in [3.05, 3.63) is 46.2 Å². The molecule has 1 aromatic heterocycles. The first-order valence-electron chi connectivity index (χ1n) is 6.92. The van der Waals surface area contributed by atoms with Gasteiger partial charge in [-0.15, -0.1) is 23.1 Å². The van der Waals surface area contributed by atoms with E-state index in [9.17, 15) is 14.0 Å². The molecular formula is C15H14FN3O2S2. The van der Waals surface area contributed by atoms with Crippen molar-refractivity contribution >= 4 is 40.6 Å². The van der Waals surface area contributed by atoms with E-state index in [0.29, 0.717) is 23.0 Å². The number of benzene rings is 1. The molecular weight excluding hydrogens is 337 g/mol. The van der Waals surface area contributed by atoms with Crippen LogP contribution in [0, 0.1) is 12.7 Å². The van der Waals surface area contributed by atoms with E-state index in [1.54, 1.807) is 11.4 Å². The van der Waals surface area contributed by atoms with E-state index in [0.717, 1.165) is 5.01 Å². The fourth-order valence-electron chi connectivity index (χ4n) is 2.26. The van der Waals surface area contributed by atoms with Gasteiger partial charge in [0.1, 0.15) is 17.6 Å². The molecule has 0 bridgehead atoms. The molecule has 0 saturated carbocycles. The van der Waals surface area contributed by atoms with E-state index < -0.39 is 11.9 Å². The maximum absolute atomic E-state index is 13.2. The minimum atomic E-state index is -0.585. The summed E-state index contributed by atoms with van der Waals surface area (Å²) in [6, 6.07) is 5.10. The Kier molecular flexibility index (Phi) is 4.63. The molecule has 23 heavy (non-hydrogen) atoms. The number of thioether (sulfide) groups is 1. The summed E-state index contributed by atoms with van der Waals surface area (Å²) in [7, 11) is 0. The second-order valence-corrected chi connectivity index (χ2v) is 7.10. The van der Waals surface area contributed by atoms with Crippen molar-refractivity contribution in [1.29, 1.82) is 0 Å². The molecule has 2 amide bonds. The minimum Gasteiger partial charge on any atom is -0.324 e. The molecule has 1 aromatic carbocycles. The van der Waals surface area contributed by atoms with Gasteiger partial charge >= 0.3 is 0 Å². The highest BCUT2D eigenvalue weighted by molar-refractivity contribution is 7.99. The van der Waals surface area contributed by atoms with Gasteiger partial charge in [-0.3, -0.25) is 9.59 Å². The number of thiazole rings is 1. The number of nitrogens with zero attached hydrogens (tertiary/aromatic N) is 2. The number of rotatable bonds is 3. The van der Waals surface area contributed by atoms with Crippen LogP contribution in [0.1, 0.15) is 15.5 Å². The molecule has 3 rings (SSSR count). The molecule has 1 fully saturated rings. The lowest BCUT2D eigenvalue weighted by molar-refractivity contribution is -0.119. The van der Waals surface area contributed by atoms with Crippen molar-refractivity contribution in [2.24, 2.45) is 0 Å². The molecule has 5 nitrogen and oxygen atoms in total. The molecule has 1 unspecified atom stereocenters. The van der Waals surface area contributed by atoms with Gasteiger partial charge in [0.15, 0.2) is 0 Å². The van der Waals surface area contributed by atoms with Crippen molar-refractivity contribution in [1.82, 2.24) is 9.88 Å². The fraction of sp³-hybridized carbons (Fsp3) is 0.267. The van der Waals surface area contributed by atoms with Crippen molar-refractivity contribution in [2.75, 3.05) is 16.9 Å². The Morgan fingerprint density at radius 3 is 2.96 bits per heavy atom. The van der Waals surface area contributed by atoms with Crippen LogP contribution in [0.5, 0.6) is 0 Å². The van der Waals surface area contributed by atoms with Crippen LogP contribution in [-0.2, 0) is 4.79 Å². The van der Waals surface area contributed by atoms with Gasteiger partial charge in [0, 0.05) is 16.8 Å². The number of aryl methyl sites for hydroxylation is 1. The Bertz CT molecular complexity index is 750. The van der Waals surface area contributed by atoms with Gasteiger partial charge in [0.25, 0.3) is 5.91 Å². The molecule has 1 aliphatic rings. The summed E-state index contributed by atoms with van der Waals surface area (Å²) in [5.41, 5.74) is 0.738. The van der Waals surface area contributed by atoms with Crippen LogP contribution in [0.15, 0.2) is 29.6 Å². The highest BCUT2D eigenvalue weighted by Crippen LogP contribution is 2.25. The number of hydrogen-bond donors (Lipinski definition) is 1. The van der Waals surface area contributed by atoms with Gasteiger partial charge in [-0.05, 0) is 25.1 Å². The molecule has 0 spiro atoms. The predicted molar refractivity (Wildman–Crippen MR) is 89.2 cm³/mol. The molecule has 0 aliphatic carbocycles. The highest BCUT2D eigenvalue weighted by Gasteiger charge is 2.35. The molecule has 2 heterocycles. The zero-order valence-electron chi connectivity index (χ0n) is 12.3. The van der Waals surface area contributed by atoms with Crippen molar-refractivity contribution in [3.8, 4) is 0 Å².